The zero-order chi connectivity index (χ0) is 22.1. The topological polar surface area (TPSA) is 76.3 Å². The maximum Gasteiger partial charge on any atom is 0.191 e. The molecule has 2 heterocycles. The number of rotatable bonds is 9. The number of hydrogen-bond acceptors (Lipinski definition) is 5. The molecule has 178 valence electrons. The number of halogens is 1. The van der Waals surface area contributed by atoms with Gasteiger partial charge in [-0.2, -0.15) is 0 Å². The second-order valence-corrected chi connectivity index (χ2v) is 8.45. The van der Waals surface area contributed by atoms with Crippen molar-refractivity contribution < 1.29 is 9.52 Å². The van der Waals surface area contributed by atoms with E-state index in [2.05, 4.69) is 62.8 Å². The van der Waals surface area contributed by atoms with Gasteiger partial charge in [-0.05, 0) is 45.0 Å². The van der Waals surface area contributed by atoms with E-state index in [-0.39, 0.29) is 30.5 Å². The van der Waals surface area contributed by atoms with E-state index < -0.39 is 5.60 Å². The van der Waals surface area contributed by atoms with Crippen LogP contribution in [0.3, 0.4) is 0 Å². The molecule has 0 radical (unpaired) electrons. The van der Waals surface area contributed by atoms with E-state index in [1.165, 1.54) is 5.56 Å². The first kappa shape index (κ1) is 26.6. The molecule has 1 aliphatic rings. The minimum absolute atomic E-state index is 0. The summed E-state index contributed by atoms with van der Waals surface area (Å²) in [6.45, 7) is 9.84. The van der Waals surface area contributed by atoms with Crippen LogP contribution >= 0.6 is 24.0 Å². The smallest absolute Gasteiger partial charge is 0.191 e. The molecular weight excluding hydrogens is 517 g/mol. The van der Waals surface area contributed by atoms with Crippen LogP contribution in [0.4, 0.5) is 0 Å². The molecule has 2 atom stereocenters. The third-order valence-electron chi connectivity index (χ3n) is 5.73. The molecule has 0 spiro atoms. The van der Waals surface area contributed by atoms with E-state index in [1.54, 1.807) is 25.3 Å². The highest BCUT2D eigenvalue weighted by Crippen LogP contribution is 2.24. The number of likely N-dealkylation sites (N-methyl/N-ethyl adjacent to an activating group) is 1. The number of hydrogen-bond donors (Lipinski definition) is 3. The van der Waals surface area contributed by atoms with Crippen molar-refractivity contribution in [3.8, 4) is 0 Å². The highest BCUT2D eigenvalue weighted by molar-refractivity contribution is 14.0. The summed E-state index contributed by atoms with van der Waals surface area (Å²) in [4.78, 5) is 9.56. The molecule has 32 heavy (non-hydrogen) atoms. The van der Waals surface area contributed by atoms with Gasteiger partial charge in [0.05, 0.1) is 12.8 Å². The average molecular weight is 556 g/mol. The second kappa shape index (κ2) is 13.2. The van der Waals surface area contributed by atoms with E-state index in [4.69, 9.17) is 4.42 Å². The van der Waals surface area contributed by atoms with Gasteiger partial charge >= 0.3 is 0 Å². The van der Waals surface area contributed by atoms with Crippen molar-refractivity contribution >= 4 is 29.9 Å². The molecule has 0 bridgehead atoms. The summed E-state index contributed by atoms with van der Waals surface area (Å²) in [5, 5.41) is 17.3. The molecule has 2 aromatic rings. The van der Waals surface area contributed by atoms with Crippen molar-refractivity contribution in [1.82, 2.24) is 20.4 Å². The Balaban J connectivity index is 0.00000363. The number of aliphatic hydroxyl groups is 1. The van der Waals surface area contributed by atoms with E-state index in [0.29, 0.717) is 17.8 Å². The number of benzene rings is 1. The number of aliphatic imine (C=N–C) groups is 1. The fourth-order valence-electron chi connectivity index (χ4n) is 3.94. The van der Waals surface area contributed by atoms with Gasteiger partial charge in [-0.25, -0.2) is 4.99 Å². The van der Waals surface area contributed by atoms with Crippen LogP contribution in [0.1, 0.15) is 37.6 Å². The molecule has 2 unspecified atom stereocenters. The Bertz CT molecular complexity index is 798. The van der Waals surface area contributed by atoms with Crippen LogP contribution in [0, 0.1) is 0 Å². The van der Waals surface area contributed by atoms with E-state index in [1.807, 2.05) is 6.92 Å². The molecule has 0 amide bonds. The Morgan fingerprint density at radius 3 is 2.66 bits per heavy atom. The first-order chi connectivity index (χ1) is 15.0. The number of nitrogens with one attached hydrogen (secondary N) is 2. The van der Waals surface area contributed by atoms with E-state index in [0.717, 1.165) is 45.7 Å². The van der Waals surface area contributed by atoms with Crippen LogP contribution < -0.4 is 10.6 Å². The van der Waals surface area contributed by atoms with Crippen molar-refractivity contribution in [2.45, 2.75) is 31.9 Å². The quantitative estimate of drug-likeness (QED) is 0.191. The molecule has 0 aliphatic carbocycles. The van der Waals surface area contributed by atoms with Gasteiger partial charge in [0.2, 0.25) is 0 Å². The molecule has 3 N–H and O–H groups in total. The van der Waals surface area contributed by atoms with Gasteiger partial charge < -0.3 is 25.1 Å². The second-order valence-electron chi connectivity index (χ2n) is 8.45. The van der Waals surface area contributed by atoms with Gasteiger partial charge in [0.25, 0.3) is 0 Å². The standard InChI is InChI=1S/C24H37N5O2.HI/c1-4-25-23(27-19-24(2,30)22-12-8-17-31-22)26-13-9-14-29-16-15-28(3)18-21(29)20-10-6-5-7-11-20;/h5-8,10-12,17,21,30H,4,9,13-16,18-19H2,1-3H3,(H2,25,26,27);1H. The zero-order valence-corrected chi connectivity index (χ0v) is 21.8. The number of nitrogens with zero attached hydrogens (tertiary/aromatic N) is 3. The highest BCUT2D eigenvalue weighted by Gasteiger charge is 2.27. The van der Waals surface area contributed by atoms with Gasteiger partial charge in [0.15, 0.2) is 5.96 Å². The van der Waals surface area contributed by atoms with E-state index >= 15 is 0 Å². The summed E-state index contributed by atoms with van der Waals surface area (Å²) in [7, 11) is 2.20. The molecule has 1 fully saturated rings. The number of piperazine rings is 1. The normalized spacial score (nSPS) is 19.8. The van der Waals surface area contributed by atoms with Crippen LogP contribution in [0.5, 0.6) is 0 Å². The number of guanidine groups is 1. The highest BCUT2D eigenvalue weighted by atomic mass is 127. The SMILES string of the molecule is CCNC(=NCC(C)(O)c1ccco1)NCCCN1CCN(C)CC1c1ccccc1.I. The minimum atomic E-state index is -1.13. The fraction of sp³-hybridized carbons (Fsp3) is 0.542. The molecule has 1 saturated heterocycles. The van der Waals surface area contributed by atoms with Crippen LogP contribution in [-0.2, 0) is 5.60 Å². The summed E-state index contributed by atoms with van der Waals surface area (Å²) >= 11 is 0. The first-order valence-electron chi connectivity index (χ1n) is 11.3. The third-order valence-corrected chi connectivity index (χ3v) is 5.73. The molecule has 1 aromatic heterocycles. The van der Waals surface area contributed by atoms with Crippen molar-refractivity contribution in [3.63, 3.8) is 0 Å². The average Bonchev–Trinajstić information content (AvgIpc) is 3.32. The summed E-state index contributed by atoms with van der Waals surface area (Å²) in [6, 6.07) is 14.8. The Kier molecular flexibility index (Phi) is 11.0. The lowest BCUT2D eigenvalue weighted by molar-refractivity contribution is 0.0437. The van der Waals surface area contributed by atoms with Gasteiger partial charge in [0, 0.05) is 45.3 Å². The monoisotopic (exact) mass is 555 g/mol. The summed E-state index contributed by atoms with van der Waals surface area (Å²) in [6.07, 6.45) is 2.59. The maximum atomic E-state index is 10.6. The summed E-state index contributed by atoms with van der Waals surface area (Å²) in [5.74, 6) is 1.24. The molecule has 1 aromatic carbocycles. The molecule has 0 saturated carbocycles. The zero-order valence-electron chi connectivity index (χ0n) is 19.5. The lowest BCUT2D eigenvalue weighted by Gasteiger charge is -2.40. The van der Waals surface area contributed by atoms with Crippen molar-refractivity contribution in [2.75, 3.05) is 52.9 Å². The number of furan rings is 1. The minimum Gasteiger partial charge on any atom is -0.466 e. The predicted molar refractivity (Wildman–Crippen MR) is 141 cm³/mol. The van der Waals surface area contributed by atoms with Gasteiger partial charge in [-0.1, -0.05) is 30.3 Å². The molecule has 1 aliphatic heterocycles. The summed E-state index contributed by atoms with van der Waals surface area (Å²) < 4.78 is 5.34. The van der Waals surface area contributed by atoms with Crippen LogP contribution in [0.25, 0.3) is 0 Å². The molecule has 7 nitrogen and oxygen atoms in total. The van der Waals surface area contributed by atoms with E-state index in [9.17, 15) is 5.11 Å². The first-order valence-corrected chi connectivity index (χ1v) is 11.3. The predicted octanol–water partition coefficient (Wildman–Crippen LogP) is 3.04. The third kappa shape index (κ3) is 7.75. The van der Waals surface area contributed by atoms with Crippen LogP contribution in [0.15, 0.2) is 58.1 Å². The molecule has 8 heteroatoms. The van der Waals surface area contributed by atoms with Crippen molar-refractivity contribution in [1.29, 1.82) is 0 Å². The largest absolute Gasteiger partial charge is 0.466 e. The molecular formula is C24H38IN5O2. The van der Waals surface area contributed by atoms with Gasteiger partial charge in [-0.15, -0.1) is 24.0 Å². The van der Waals surface area contributed by atoms with Crippen LogP contribution in [0.2, 0.25) is 0 Å². The fourth-order valence-corrected chi connectivity index (χ4v) is 3.94. The van der Waals surface area contributed by atoms with Crippen molar-refractivity contribution in [2.24, 2.45) is 4.99 Å². The Morgan fingerprint density at radius 1 is 1.19 bits per heavy atom. The molecule has 3 rings (SSSR count). The Labute approximate surface area is 209 Å². The Morgan fingerprint density at radius 2 is 1.97 bits per heavy atom. The van der Waals surface area contributed by atoms with Gasteiger partial charge in [0.1, 0.15) is 11.4 Å². The lowest BCUT2D eigenvalue weighted by Crippen LogP contribution is -2.47. The maximum absolute atomic E-state index is 10.6. The van der Waals surface area contributed by atoms with Crippen molar-refractivity contribution in [3.05, 3.63) is 60.1 Å². The summed E-state index contributed by atoms with van der Waals surface area (Å²) in [5.41, 5.74) is 0.256. The Hall–Kier alpha value is -1.62. The van der Waals surface area contributed by atoms with Crippen LogP contribution in [-0.4, -0.2) is 73.7 Å². The lowest BCUT2D eigenvalue weighted by atomic mass is 10.0. The van der Waals surface area contributed by atoms with Gasteiger partial charge in [-0.3, -0.25) is 4.90 Å².